The van der Waals surface area contributed by atoms with Crippen molar-refractivity contribution < 1.29 is 22.3 Å². The SMILES string of the molecule is CC(N1CCOCC1)N1CCC(=C2c3ccc(F)cc3Sc3ccc(C(F)(F)F)cc32)CC1. The van der Waals surface area contributed by atoms with Gasteiger partial charge in [-0.3, -0.25) is 9.80 Å². The molecule has 33 heavy (non-hydrogen) atoms. The van der Waals surface area contributed by atoms with E-state index in [0.717, 1.165) is 84.8 Å². The van der Waals surface area contributed by atoms with Gasteiger partial charge >= 0.3 is 6.18 Å². The quantitative estimate of drug-likeness (QED) is 0.427. The molecule has 5 rings (SSSR count). The summed E-state index contributed by atoms with van der Waals surface area (Å²) in [4.78, 5) is 6.36. The summed E-state index contributed by atoms with van der Waals surface area (Å²) in [5.74, 6) is -0.338. The van der Waals surface area contributed by atoms with Gasteiger partial charge in [-0.15, -0.1) is 0 Å². The van der Waals surface area contributed by atoms with Crippen LogP contribution in [0.25, 0.3) is 5.57 Å². The van der Waals surface area contributed by atoms with Gasteiger partial charge in [0.1, 0.15) is 5.82 Å². The van der Waals surface area contributed by atoms with E-state index >= 15 is 0 Å². The predicted molar refractivity (Wildman–Crippen MR) is 121 cm³/mol. The second-order valence-electron chi connectivity index (χ2n) is 8.75. The molecule has 0 saturated carbocycles. The van der Waals surface area contributed by atoms with Gasteiger partial charge < -0.3 is 4.74 Å². The number of hydrogen-bond donors (Lipinski definition) is 0. The van der Waals surface area contributed by atoms with Crippen molar-refractivity contribution in [3.63, 3.8) is 0 Å². The first-order chi connectivity index (χ1) is 15.8. The third-order valence-electron chi connectivity index (χ3n) is 6.87. The minimum atomic E-state index is -4.41. The molecule has 0 radical (unpaired) electrons. The van der Waals surface area contributed by atoms with Gasteiger partial charge in [-0.25, -0.2) is 4.39 Å². The lowest BCUT2D eigenvalue weighted by Gasteiger charge is -2.42. The number of alkyl halides is 3. The van der Waals surface area contributed by atoms with E-state index in [4.69, 9.17) is 4.74 Å². The molecule has 2 aromatic carbocycles. The van der Waals surface area contributed by atoms with Crippen molar-refractivity contribution in [2.75, 3.05) is 39.4 Å². The maximum absolute atomic E-state index is 14.0. The van der Waals surface area contributed by atoms with Crippen molar-refractivity contribution in [1.29, 1.82) is 0 Å². The molecule has 3 heterocycles. The van der Waals surface area contributed by atoms with Crippen molar-refractivity contribution >= 4 is 17.3 Å². The molecule has 3 aliphatic heterocycles. The molecule has 1 atom stereocenters. The summed E-state index contributed by atoms with van der Waals surface area (Å²) < 4.78 is 59.9. The Hall–Kier alpha value is -1.87. The van der Waals surface area contributed by atoms with E-state index in [1.54, 1.807) is 6.07 Å². The highest BCUT2D eigenvalue weighted by molar-refractivity contribution is 7.99. The van der Waals surface area contributed by atoms with E-state index in [0.29, 0.717) is 11.7 Å². The molecular weight excluding hydrogens is 452 g/mol. The van der Waals surface area contributed by atoms with Crippen LogP contribution < -0.4 is 0 Å². The third kappa shape index (κ3) is 4.58. The number of benzene rings is 2. The molecule has 1 unspecified atom stereocenters. The van der Waals surface area contributed by atoms with E-state index in [1.165, 1.54) is 36.0 Å². The van der Waals surface area contributed by atoms with Crippen molar-refractivity contribution in [3.05, 3.63) is 64.5 Å². The number of halogens is 4. The summed E-state index contributed by atoms with van der Waals surface area (Å²) in [6.45, 7) is 7.21. The van der Waals surface area contributed by atoms with Gasteiger partial charge in [0.2, 0.25) is 0 Å². The molecule has 0 N–H and O–H groups in total. The van der Waals surface area contributed by atoms with Crippen LogP contribution in [0.4, 0.5) is 17.6 Å². The molecule has 8 heteroatoms. The highest BCUT2D eigenvalue weighted by Crippen LogP contribution is 2.49. The van der Waals surface area contributed by atoms with Gasteiger partial charge in [-0.2, -0.15) is 13.2 Å². The largest absolute Gasteiger partial charge is 0.416 e. The minimum Gasteiger partial charge on any atom is -0.379 e. The number of nitrogens with zero attached hydrogens (tertiary/aromatic N) is 2. The van der Waals surface area contributed by atoms with Crippen molar-refractivity contribution in [1.82, 2.24) is 9.80 Å². The highest BCUT2D eigenvalue weighted by atomic mass is 32.2. The molecule has 0 aromatic heterocycles. The fourth-order valence-corrected chi connectivity index (χ4v) is 6.12. The van der Waals surface area contributed by atoms with Crippen LogP contribution in [-0.4, -0.2) is 55.4 Å². The zero-order valence-corrected chi connectivity index (χ0v) is 19.2. The Labute approximate surface area is 195 Å². The standard InChI is InChI=1S/C25H26F4N2OS/c1-16(31-10-12-32-13-11-31)30-8-6-17(7-9-30)24-20-4-3-19(26)15-23(20)33-22-5-2-18(14-21(22)24)25(27,28)29/h2-5,14-16H,6-13H2,1H3. The fraction of sp³-hybridized carbons (Fsp3) is 0.440. The Bertz CT molecular complexity index is 1070. The van der Waals surface area contributed by atoms with Crippen LogP contribution in [0.1, 0.15) is 36.5 Å². The number of rotatable bonds is 2. The molecule has 0 amide bonds. The predicted octanol–water partition coefficient (Wildman–Crippen LogP) is 5.89. The Morgan fingerprint density at radius 1 is 0.879 bits per heavy atom. The van der Waals surface area contributed by atoms with Crippen LogP contribution in [0.3, 0.4) is 0 Å². The number of piperidine rings is 1. The van der Waals surface area contributed by atoms with Crippen LogP contribution >= 0.6 is 11.8 Å². The summed E-state index contributed by atoms with van der Waals surface area (Å²) in [7, 11) is 0. The summed E-state index contributed by atoms with van der Waals surface area (Å²) in [5.41, 5.74) is 2.79. The highest BCUT2D eigenvalue weighted by Gasteiger charge is 2.34. The molecule has 3 nitrogen and oxygen atoms in total. The average Bonchev–Trinajstić information content (AvgIpc) is 2.82. The fourth-order valence-electron chi connectivity index (χ4n) is 5.02. The number of ether oxygens (including phenoxy) is 1. The van der Waals surface area contributed by atoms with E-state index in [1.807, 2.05) is 0 Å². The number of hydrogen-bond acceptors (Lipinski definition) is 4. The molecule has 0 bridgehead atoms. The van der Waals surface area contributed by atoms with E-state index < -0.39 is 11.7 Å². The lowest BCUT2D eigenvalue weighted by molar-refractivity contribution is -0.137. The minimum absolute atomic E-state index is 0.299. The number of morpholine rings is 1. The summed E-state index contributed by atoms with van der Waals surface area (Å²) in [6.07, 6.45) is -2.55. The topological polar surface area (TPSA) is 15.7 Å². The lowest BCUT2D eigenvalue weighted by atomic mass is 9.87. The van der Waals surface area contributed by atoms with Crippen LogP contribution in [-0.2, 0) is 10.9 Å². The van der Waals surface area contributed by atoms with E-state index in [2.05, 4.69) is 16.7 Å². The van der Waals surface area contributed by atoms with E-state index in [-0.39, 0.29) is 5.82 Å². The van der Waals surface area contributed by atoms with Crippen LogP contribution in [0.5, 0.6) is 0 Å². The van der Waals surface area contributed by atoms with Gasteiger partial charge in [-0.1, -0.05) is 23.4 Å². The Balaban J connectivity index is 1.49. The van der Waals surface area contributed by atoms with Crippen molar-refractivity contribution in [3.8, 4) is 0 Å². The zero-order valence-electron chi connectivity index (χ0n) is 18.4. The third-order valence-corrected chi connectivity index (χ3v) is 8.00. The summed E-state index contributed by atoms with van der Waals surface area (Å²) >= 11 is 1.34. The lowest BCUT2D eigenvalue weighted by Crippen LogP contribution is -2.52. The number of likely N-dealkylation sites (tertiary alicyclic amines) is 1. The normalized spacial score (nSPS) is 21.0. The van der Waals surface area contributed by atoms with Gasteiger partial charge in [0.25, 0.3) is 0 Å². The molecule has 0 spiro atoms. The molecule has 2 aromatic rings. The molecule has 2 saturated heterocycles. The van der Waals surface area contributed by atoms with Crippen molar-refractivity contribution in [2.24, 2.45) is 0 Å². The van der Waals surface area contributed by atoms with E-state index in [9.17, 15) is 17.6 Å². The van der Waals surface area contributed by atoms with Crippen LogP contribution in [0, 0.1) is 5.82 Å². The smallest absolute Gasteiger partial charge is 0.379 e. The first-order valence-electron chi connectivity index (χ1n) is 11.3. The first-order valence-corrected chi connectivity index (χ1v) is 12.1. The average molecular weight is 479 g/mol. The zero-order chi connectivity index (χ0) is 23.2. The van der Waals surface area contributed by atoms with Crippen molar-refractivity contribution in [2.45, 2.75) is 41.9 Å². The molecule has 2 fully saturated rings. The molecule has 3 aliphatic rings. The second-order valence-corrected chi connectivity index (χ2v) is 9.83. The van der Waals surface area contributed by atoms with Gasteiger partial charge in [-0.05, 0) is 66.8 Å². The number of fused-ring (bicyclic) bond motifs is 2. The Morgan fingerprint density at radius 2 is 1.58 bits per heavy atom. The van der Waals surface area contributed by atoms with Gasteiger partial charge in [0.05, 0.1) is 24.9 Å². The maximum atomic E-state index is 14.0. The Morgan fingerprint density at radius 3 is 2.27 bits per heavy atom. The molecular formula is C25H26F4N2OS. The Kier molecular flexibility index (Phi) is 6.29. The maximum Gasteiger partial charge on any atom is 0.416 e. The van der Waals surface area contributed by atoms with Crippen LogP contribution in [0.2, 0.25) is 0 Å². The summed E-state index contributed by atoms with van der Waals surface area (Å²) in [6, 6.07) is 8.49. The second kappa shape index (κ2) is 9.06. The van der Waals surface area contributed by atoms with Gasteiger partial charge in [0, 0.05) is 36.0 Å². The molecule has 0 aliphatic carbocycles. The molecule has 176 valence electrons. The summed E-state index contributed by atoms with van der Waals surface area (Å²) in [5, 5.41) is 0. The first kappa shape index (κ1) is 22.9. The van der Waals surface area contributed by atoms with Crippen LogP contribution in [0.15, 0.2) is 51.8 Å². The van der Waals surface area contributed by atoms with Gasteiger partial charge in [0.15, 0.2) is 0 Å². The monoisotopic (exact) mass is 478 g/mol.